The van der Waals surface area contributed by atoms with E-state index < -0.39 is 0 Å². The fourth-order valence-corrected chi connectivity index (χ4v) is 2.16. The summed E-state index contributed by atoms with van der Waals surface area (Å²) in [6.45, 7) is 2.14. The molecule has 1 aromatic carbocycles. The third-order valence-electron chi connectivity index (χ3n) is 3.46. The van der Waals surface area contributed by atoms with E-state index in [-0.39, 0.29) is 5.54 Å². The Balaban J connectivity index is 2.38. The lowest BCUT2D eigenvalue weighted by molar-refractivity contribution is 0.350. The minimum atomic E-state index is -0.00927. The lowest BCUT2D eigenvalue weighted by Crippen LogP contribution is -2.24. The molecule has 1 aliphatic carbocycles. The number of ether oxygens (including phenoxy) is 2. The van der Waals surface area contributed by atoms with Gasteiger partial charge in [0, 0.05) is 11.1 Å². The summed E-state index contributed by atoms with van der Waals surface area (Å²) in [6, 6.07) is 4.23. The molecule has 2 N–H and O–H groups in total. The monoisotopic (exact) mass is 235 g/mol. The zero-order chi connectivity index (χ0) is 12.5. The molecule has 0 bridgehead atoms. The molecule has 0 amide bonds. The van der Waals surface area contributed by atoms with Crippen molar-refractivity contribution in [2.45, 2.75) is 38.1 Å². The average molecular weight is 235 g/mol. The van der Waals surface area contributed by atoms with Gasteiger partial charge in [0.25, 0.3) is 0 Å². The normalized spacial score (nSPS) is 16.7. The first-order valence-corrected chi connectivity index (χ1v) is 6.14. The van der Waals surface area contributed by atoms with Crippen LogP contribution in [0.3, 0.4) is 0 Å². The van der Waals surface area contributed by atoms with Crippen LogP contribution in [-0.2, 0) is 12.8 Å². The van der Waals surface area contributed by atoms with Crippen LogP contribution in [0.15, 0.2) is 12.1 Å². The van der Waals surface area contributed by atoms with Gasteiger partial charge in [0.05, 0.1) is 14.2 Å². The number of benzene rings is 1. The van der Waals surface area contributed by atoms with Gasteiger partial charge in [-0.15, -0.1) is 0 Å². The summed E-state index contributed by atoms with van der Waals surface area (Å²) in [5, 5.41) is 0. The lowest BCUT2D eigenvalue weighted by atomic mass is 9.99. The summed E-state index contributed by atoms with van der Waals surface area (Å²) in [5.74, 6) is 1.65. The summed E-state index contributed by atoms with van der Waals surface area (Å²) < 4.78 is 10.8. The molecular weight excluding hydrogens is 214 g/mol. The molecule has 1 aromatic rings. The van der Waals surface area contributed by atoms with E-state index in [1.54, 1.807) is 14.2 Å². The van der Waals surface area contributed by atoms with E-state index in [9.17, 15) is 0 Å². The molecule has 3 nitrogen and oxygen atoms in total. The van der Waals surface area contributed by atoms with Crippen molar-refractivity contribution in [3.05, 3.63) is 23.3 Å². The predicted molar refractivity (Wildman–Crippen MR) is 68.8 cm³/mol. The van der Waals surface area contributed by atoms with E-state index in [4.69, 9.17) is 15.2 Å². The van der Waals surface area contributed by atoms with E-state index in [0.29, 0.717) is 0 Å². The van der Waals surface area contributed by atoms with E-state index in [2.05, 4.69) is 13.0 Å². The molecular formula is C14H21NO2. The molecule has 0 aliphatic heterocycles. The maximum atomic E-state index is 6.19. The van der Waals surface area contributed by atoms with Crippen LogP contribution < -0.4 is 15.2 Å². The molecule has 0 spiro atoms. The topological polar surface area (TPSA) is 44.5 Å². The summed E-state index contributed by atoms with van der Waals surface area (Å²) >= 11 is 0. The summed E-state index contributed by atoms with van der Waals surface area (Å²) in [7, 11) is 3.36. The van der Waals surface area contributed by atoms with Crippen molar-refractivity contribution < 1.29 is 9.47 Å². The first-order chi connectivity index (χ1) is 8.11. The number of nitrogens with two attached hydrogens (primary N) is 1. The summed E-state index contributed by atoms with van der Waals surface area (Å²) in [6.07, 6.45) is 4.08. The second kappa shape index (κ2) is 4.57. The van der Waals surface area contributed by atoms with Gasteiger partial charge in [0.1, 0.15) is 0 Å². The number of methoxy groups -OCH3 is 2. The zero-order valence-corrected chi connectivity index (χ0v) is 10.9. The van der Waals surface area contributed by atoms with Crippen LogP contribution in [0.2, 0.25) is 0 Å². The Morgan fingerprint density at radius 1 is 1.24 bits per heavy atom. The van der Waals surface area contributed by atoms with Crippen molar-refractivity contribution in [2.24, 2.45) is 5.73 Å². The largest absolute Gasteiger partial charge is 0.493 e. The third-order valence-corrected chi connectivity index (χ3v) is 3.46. The molecule has 0 unspecified atom stereocenters. The van der Waals surface area contributed by atoms with Crippen molar-refractivity contribution >= 4 is 0 Å². The molecule has 0 aromatic heterocycles. The predicted octanol–water partition coefficient (Wildman–Crippen LogP) is 2.30. The molecule has 0 heterocycles. The second-order valence-electron chi connectivity index (χ2n) is 4.88. The Morgan fingerprint density at radius 2 is 1.94 bits per heavy atom. The fraction of sp³-hybridized carbons (Fsp3) is 0.571. The molecule has 17 heavy (non-hydrogen) atoms. The molecule has 3 heteroatoms. The van der Waals surface area contributed by atoms with Crippen molar-refractivity contribution in [3.63, 3.8) is 0 Å². The second-order valence-corrected chi connectivity index (χ2v) is 4.88. The Morgan fingerprint density at radius 3 is 2.41 bits per heavy atom. The first-order valence-electron chi connectivity index (χ1n) is 6.14. The number of hydrogen-bond donors (Lipinski definition) is 1. The molecule has 1 aliphatic rings. The van der Waals surface area contributed by atoms with Crippen molar-refractivity contribution in [1.29, 1.82) is 0 Å². The Bertz CT molecular complexity index is 411. The number of hydrogen-bond acceptors (Lipinski definition) is 3. The number of rotatable bonds is 5. The van der Waals surface area contributed by atoms with Crippen LogP contribution >= 0.6 is 0 Å². The van der Waals surface area contributed by atoms with Gasteiger partial charge >= 0.3 is 0 Å². The van der Waals surface area contributed by atoms with Gasteiger partial charge in [-0.2, -0.15) is 0 Å². The van der Waals surface area contributed by atoms with Gasteiger partial charge < -0.3 is 15.2 Å². The van der Waals surface area contributed by atoms with Crippen LogP contribution in [0.25, 0.3) is 0 Å². The van der Waals surface area contributed by atoms with Gasteiger partial charge in [-0.25, -0.2) is 0 Å². The van der Waals surface area contributed by atoms with Crippen molar-refractivity contribution in [1.82, 2.24) is 0 Å². The summed E-state index contributed by atoms with van der Waals surface area (Å²) in [4.78, 5) is 0. The quantitative estimate of drug-likeness (QED) is 0.851. The van der Waals surface area contributed by atoms with Crippen LogP contribution in [0.1, 0.15) is 30.9 Å². The minimum absolute atomic E-state index is 0.00927. The van der Waals surface area contributed by atoms with Gasteiger partial charge in [0.15, 0.2) is 11.5 Å². The van der Waals surface area contributed by atoms with Gasteiger partial charge in [-0.05, 0) is 37.3 Å². The molecule has 0 radical (unpaired) electrons. The van der Waals surface area contributed by atoms with Crippen molar-refractivity contribution in [2.75, 3.05) is 14.2 Å². The van der Waals surface area contributed by atoms with Crippen LogP contribution in [-0.4, -0.2) is 19.8 Å². The summed E-state index contributed by atoms with van der Waals surface area (Å²) in [5.41, 5.74) is 8.62. The molecule has 94 valence electrons. The van der Waals surface area contributed by atoms with Crippen LogP contribution in [0.5, 0.6) is 11.5 Å². The standard InChI is InChI=1S/C14H21NO2/c1-4-10-7-11(9-14(15)5-6-14)13(17-3)12(8-10)16-2/h7-8H,4-6,9,15H2,1-3H3. The smallest absolute Gasteiger partial charge is 0.163 e. The average Bonchev–Trinajstić information content (AvgIpc) is 3.05. The maximum absolute atomic E-state index is 6.19. The first kappa shape index (κ1) is 12.2. The van der Waals surface area contributed by atoms with E-state index >= 15 is 0 Å². The number of aryl methyl sites for hydroxylation is 1. The highest BCUT2D eigenvalue weighted by Gasteiger charge is 2.39. The van der Waals surface area contributed by atoms with Crippen LogP contribution in [0.4, 0.5) is 0 Å². The van der Waals surface area contributed by atoms with Gasteiger partial charge in [-0.3, -0.25) is 0 Å². The van der Waals surface area contributed by atoms with E-state index in [1.807, 2.05) is 6.07 Å². The highest BCUT2D eigenvalue weighted by Crippen LogP contribution is 2.41. The highest BCUT2D eigenvalue weighted by atomic mass is 16.5. The van der Waals surface area contributed by atoms with Gasteiger partial charge in [0.2, 0.25) is 0 Å². The van der Waals surface area contributed by atoms with Gasteiger partial charge in [-0.1, -0.05) is 13.0 Å². The third kappa shape index (κ3) is 2.55. The Labute approximate surface area is 103 Å². The van der Waals surface area contributed by atoms with E-state index in [1.165, 1.54) is 11.1 Å². The molecule has 1 fully saturated rings. The molecule has 1 saturated carbocycles. The lowest BCUT2D eigenvalue weighted by Gasteiger charge is -2.17. The fourth-order valence-electron chi connectivity index (χ4n) is 2.16. The Hall–Kier alpha value is -1.22. The van der Waals surface area contributed by atoms with Crippen molar-refractivity contribution in [3.8, 4) is 11.5 Å². The minimum Gasteiger partial charge on any atom is -0.493 e. The highest BCUT2D eigenvalue weighted by molar-refractivity contribution is 5.50. The zero-order valence-electron chi connectivity index (χ0n) is 10.9. The molecule has 2 rings (SSSR count). The maximum Gasteiger partial charge on any atom is 0.163 e. The van der Waals surface area contributed by atoms with E-state index in [0.717, 1.165) is 37.2 Å². The molecule has 0 atom stereocenters. The Kier molecular flexibility index (Phi) is 3.29. The molecule has 0 saturated heterocycles. The van der Waals surface area contributed by atoms with Crippen LogP contribution in [0, 0.1) is 0 Å². The SMILES string of the molecule is CCc1cc(CC2(N)CC2)c(OC)c(OC)c1.